The maximum Gasteiger partial charge on any atom is 0.124 e. The summed E-state index contributed by atoms with van der Waals surface area (Å²) in [6, 6.07) is 15.3. The Balaban J connectivity index is 2.16. The van der Waals surface area contributed by atoms with Crippen LogP contribution >= 0.6 is 0 Å². The highest BCUT2D eigenvalue weighted by Gasteiger charge is 2.14. The molecular weight excluding hydrogens is 248 g/mol. The van der Waals surface area contributed by atoms with Gasteiger partial charge in [-0.3, -0.25) is 5.43 Å². The van der Waals surface area contributed by atoms with Crippen molar-refractivity contribution in [2.45, 2.75) is 26.2 Å². The maximum absolute atomic E-state index is 9.88. The molecule has 0 radical (unpaired) electrons. The lowest BCUT2D eigenvalue weighted by Crippen LogP contribution is -2.11. The van der Waals surface area contributed by atoms with E-state index in [1.807, 2.05) is 42.5 Å². The number of aromatic hydroxyl groups is 1. The lowest BCUT2D eigenvalue weighted by molar-refractivity contribution is 0.473. The molecule has 0 spiro atoms. The van der Waals surface area contributed by atoms with Crippen LogP contribution in [0.2, 0.25) is 0 Å². The molecule has 0 atom stereocenters. The Morgan fingerprint density at radius 3 is 2.40 bits per heavy atom. The Morgan fingerprint density at radius 1 is 1.05 bits per heavy atom. The summed E-state index contributed by atoms with van der Waals surface area (Å²) in [6.07, 6.45) is 1.64. The second kappa shape index (κ2) is 5.78. The molecule has 0 saturated heterocycles. The largest absolute Gasteiger partial charge is 0.507 e. The number of hydrazone groups is 1. The van der Waals surface area contributed by atoms with Crippen LogP contribution in [0.4, 0.5) is 5.69 Å². The predicted octanol–water partition coefficient (Wildman–Crippen LogP) is 4.14. The highest BCUT2D eigenvalue weighted by Crippen LogP contribution is 2.26. The van der Waals surface area contributed by atoms with Crippen molar-refractivity contribution in [1.82, 2.24) is 0 Å². The van der Waals surface area contributed by atoms with E-state index in [1.165, 1.54) is 0 Å². The average molecular weight is 268 g/mol. The molecule has 3 nitrogen and oxygen atoms in total. The molecule has 0 fully saturated rings. The summed E-state index contributed by atoms with van der Waals surface area (Å²) >= 11 is 0. The summed E-state index contributed by atoms with van der Waals surface area (Å²) in [5, 5.41) is 14.0. The van der Waals surface area contributed by atoms with Gasteiger partial charge in [0.2, 0.25) is 0 Å². The quantitative estimate of drug-likeness (QED) is 0.649. The minimum atomic E-state index is 0.0448. The first-order valence-corrected chi connectivity index (χ1v) is 6.64. The SMILES string of the molecule is CC(C)(C)c1ccc(O)c(C=NNc2ccccc2)c1. The van der Waals surface area contributed by atoms with Crippen LogP contribution in [0.1, 0.15) is 31.9 Å². The summed E-state index contributed by atoms with van der Waals surface area (Å²) in [4.78, 5) is 0. The lowest BCUT2D eigenvalue weighted by atomic mass is 9.86. The number of phenols is 1. The molecule has 3 heteroatoms. The number of nitrogens with zero attached hydrogens (tertiary/aromatic N) is 1. The summed E-state index contributed by atoms with van der Waals surface area (Å²) in [7, 11) is 0. The van der Waals surface area contributed by atoms with Crippen LogP contribution < -0.4 is 5.43 Å². The smallest absolute Gasteiger partial charge is 0.124 e. The van der Waals surface area contributed by atoms with Gasteiger partial charge in [-0.25, -0.2) is 0 Å². The van der Waals surface area contributed by atoms with Crippen LogP contribution in [0.15, 0.2) is 53.6 Å². The topological polar surface area (TPSA) is 44.6 Å². The number of anilines is 1. The van der Waals surface area contributed by atoms with Gasteiger partial charge in [-0.05, 0) is 35.2 Å². The lowest BCUT2D eigenvalue weighted by Gasteiger charge is -2.19. The Bertz CT molecular complexity index is 598. The molecule has 0 aliphatic rings. The Morgan fingerprint density at radius 2 is 1.75 bits per heavy atom. The van der Waals surface area contributed by atoms with Crippen LogP contribution in [0, 0.1) is 0 Å². The van der Waals surface area contributed by atoms with Crippen molar-refractivity contribution < 1.29 is 5.11 Å². The van der Waals surface area contributed by atoms with E-state index in [2.05, 4.69) is 31.3 Å². The van der Waals surface area contributed by atoms with Gasteiger partial charge in [0.1, 0.15) is 5.75 Å². The molecule has 2 aromatic rings. The van der Waals surface area contributed by atoms with Crippen LogP contribution in [-0.4, -0.2) is 11.3 Å². The van der Waals surface area contributed by atoms with E-state index in [0.29, 0.717) is 5.56 Å². The van der Waals surface area contributed by atoms with Gasteiger partial charge in [-0.1, -0.05) is 45.0 Å². The monoisotopic (exact) mass is 268 g/mol. The molecule has 2 aromatic carbocycles. The van der Waals surface area contributed by atoms with Gasteiger partial charge in [0.15, 0.2) is 0 Å². The molecule has 0 aliphatic heterocycles. The third-order valence-corrected chi connectivity index (χ3v) is 3.06. The number of hydrogen-bond donors (Lipinski definition) is 2. The second-order valence-corrected chi connectivity index (χ2v) is 5.76. The second-order valence-electron chi connectivity index (χ2n) is 5.76. The van der Waals surface area contributed by atoms with Crippen molar-refractivity contribution in [2.24, 2.45) is 5.10 Å². The summed E-state index contributed by atoms with van der Waals surface area (Å²) in [5.41, 5.74) is 5.77. The zero-order chi connectivity index (χ0) is 14.6. The predicted molar refractivity (Wildman–Crippen MR) is 84.5 cm³/mol. The first-order chi connectivity index (χ1) is 9.47. The van der Waals surface area contributed by atoms with Gasteiger partial charge >= 0.3 is 0 Å². The molecule has 0 unspecified atom stereocenters. The first-order valence-electron chi connectivity index (χ1n) is 6.64. The van der Waals surface area contributed by atoms with Gasteiger partial charge < -0.3 is 5.11 Å². The average Bonchev–Trinajstić information content (AvgIpc) is 2.41. The number of rotatable bonds is 3. The number of benzene rings is 2. The molecule has 0 aromatic heterocycles. The van der Waals surface area contributed by atoms with Crippen molar-refractivity contribution >= 4 is 11.9 Å². The van der Waals surface area contributed by atoms with Crippen molar-refractivity contribution in [1.29, 1.82) is 0 Å². The molecule has 0 saturated carbocycles. The molecule has 0 aliphatic carbocycles. The summed E-state index contributed by atoms with van der Waals surface area (Å²) < 4.78 is 0. The standard InChI is InChI=1S/C17H20N2O/c1-17(2,3)14-9-10-16(20)13(11-14)12-18-19-15-7-5-4-6-8-15/h4-12,19-20H,1-3H3. The Kier molecular flexibility index (Phi) is 4.08. The van der Waals surface area contributed by atoms with E-state index in [4.69, 9.17) is 0 Å². The molecular formula is C17H20N2O. The maximum atomic E-state index is 9.88. The van der Waals surface area contributed by atoms with Crippen molar-refractivity contribution in [3.63, 3.8) is 0 Å². The minimum Gasteiger partial charge on any atom is -0.507 e. The van der Waals surface area contributed by atoms with Crippen LogP contribution in [-0.2, 0) is 5.41 Å². The zero-order valence-electron chi connectivity index (χ0n) is 12.1. The van der Waals surface area contributed by atoms with Gasteiger partial charge in [-0.15, -0.1) is 0 Å². The molecule has 0 bridgehead atoms. The number of para-hydroxylation sites is 1. The van der Waals surface area contributed by atoms with E-state index >= 15 is 0 Å². The molecule has 20 heavy (non-hydrogen) atoms. The van der Waals surface area contributed by atoms with Gasteiger partial charge in [-0.2, -0.15) is 5.10 Å². The molecule has 104 valence electrons. The van der Waals surface area contributed by atoms with Gasteiger partial charge in [0.25, 0.3) is 0 Å². The Labute approximate surface area is 120 Å². The van der Waals surface area contributed by atoms with E-state index in [1.54, 1.807) is 12.3 Å². The van der Waals surface area contributed by atoms with Gasteiger partial charge in [0.05, 0.1) is 11.9 Å². The molecule has 0 heterocycles. The minimum absolute atomic E-state index is 0.0448. The van der Waals surface area contributed by atoms with Crippen LogP contribution in [0.25, 0.3) is 0 Å². The third kappa shape index (κ3) is 3.60. The van der Waals surface area contributed by atoms with Crippen molar-refractivity contribution in [3.8, 4) is 5.75 Å². The highest BCUT2D eigenvalue weighted by molar-refractivity contribution is 5.84. The molecule has 0 amide bonds. The third-order valence-electron chi connectivity index (χ3n) is 3.06. The van der Waals surface area contributed by atoms with Crippen LogP contribution in [0.5, 0.6) is 5.75 Å². The summed E-state index contributed by atoms with van der Waals surface area (Å²) in [5.74, 6) is 0.233. The van der Waals surface area contributed by atoms with E-state index in [9.17, 15) is 5.11 Å². The zero-order valence-corrected chi connectivity index (χ0v) is 12.1. The fourth-order valence-electron chi connectivity index (χ4n) is 1.81. The van der Waals surface area contributed by atoms with Crippen molar-refractivity contribution in [3.05, 3.63) is 59.7 Å². The molecule has 2 N–H and O–H groups in total. The van der Waals surface area contributed by atoms with E-state index in [-0.39, 0.29) is 11.2 Å². The van der Waals surface area contributed by atoms with E-state index < -0.39 is 0 Å². The van der Waals surface area contributed by atoms with Crippen LogP contribution in [0.3, 0.4) is 0 Å². The Hall–Kier alpha value is -2.29. The first kappa shape index (κ1) is 14.1. The number of hydrogen-bond acceptors (Lipinski definition) is 3. The normalized spacial score (nSPS) is 11.8. The van der Waals surface area contributed by atoms with Gasteiger partial charge in [0, 0.05) is 5.56 Å². The van der Waals surface area contributed by atoms with Crippen molar-refractivity contribution in [2.75, 3.05) is 5.43 Å². The highest BCUT2D eigenvalue weighted by atomic mass is 16.3. The fourth-order valence-corrected chi connectivity index (χ4v) is 1.81. The van der Waals surface area contributed by atoms with E-state index in [0.717, 1.165) is 11.3 Å². The molecule has 2 rings (SSSR count). The number of nitrogens with one attached hydrogen (secondary N) is 1. The fraction of sp³-hybridized carbons (Fsp3) is 0.235. The number of phenolic OH excluding ortho intramolecular Hbond substituents is 1. The summed E-state index contributed by atoms with van der Waals surface area (Å²) in [6.45, 7) is 6.42.